The van der Waals surface area contributed by atoms with Crippen LogP contribution in [0.1, 0.15) is 57.4 Å². The zero-order valence-corrected chi connectivity index (χ0v) is 26.1. The van der Waals surface area contributed by atoms with Crippen LogP contribution in [0, 0.1) is 5.92 Å². The van der Waals surface area contributed by atoms with E-state index in [0.29, 0.717) is 36.9 Å². The third-order valence-electron chi connectivity index (χ3n) is 8.08. The Labute approximate surface area is 263 Å². The largest absolute Gasteiger partial charge is 0.480 e. The second-order valence-electron chi connectivity index (χ2n) is 11.2. The lowest BCUT2D eigenvalue weighted by Gasteiger charge is -2.31. The van der Waals surface area contributed by atoms with Gasteiger partial charge < -0.3 is 19.5 Å². The molecule has 2 aliphatic heterocycles. The molecule has 10 nitrogen and oxygen atoms in total. The average Bonchev–Trinajstić information content (AvgIpc) is 3.16. The summed E-state index contributed by atoms with van der Waals surface area (Å²) in [7, 11) is 0. The van der Waals surface area contributed by atoms with Crippen molar-refractivity contribution in [1.29, 1.82) is 0 Å². The zero-order valence-electron chi connectivity index (χ0n) is 25.3. The lowest BCUT2D eigenvalue weighted by Crippen LogP contribution is -2.54. The van der Waals surface area contributed by atoms with Gasteiger partial charge in [0.2, 0.25) is 5.91 Å². The topological polar surface area (TPSA) is 125 Å². The van der Waals surface area contributed by atoms with Gasteiger partial charge in [-0.15, -0.1) is 11.8 Å². The minimum Gasteiger partial charge on any atom is -0.480 e. The predicted octanol–water partition coefficient (Wildman–Crippen LogP) is 5.10. The molecule has 11 heteroatoms. The van der Waals surface area contributed by atoms with Crippen LogP contribution in [0.5, 0.6) is 0 Å². The first-order valence-corrected chi connectivity index (χ1v) is 16.5. The molecule has 238 valence electrons. The van der Waals surface area contributed by atoms with Crippen LogP contribution in [-0.4, -0.2) is 78.0 Å². The highest BCUT2D eigenvalue weighted by Gasteiger charge is 2.35. The lowest BCUT2D eigenvalue weighted by atomic mass is 9.91. The molecule has 1 saturated heterocycles. The minimum absolute atomic E-state index is 0.236. The summed E-state index contributed by atoms with van der Waals surface area (Å²) >= 11 is 1.47. The maximum atomic E-state index is 13.5. The number of rotatable bonds is 14. The van der Waals surface area contributed by atoms with Crippen LogP contribution in [0.2, 0.25) is 0 Å². The first-order valence-electron chi connectivity index (χ1n) is 15.5. The summed E-state index contributed by atoms with van der Waals surface area (Å²) < 4.78 is 10.8. The normalized spacial score (nSPS) is 17.8. The van der Waals surface area contributed by atoms with Crippen LogP contribution in [-0.2, 0) is 30.5 Å². The molecule has 2 aromatic rings. The van der Waals surface area contributed by atoms with Gasteiger partial charge in [-0.05, 0) is 49.8 Å². The van der Waals surface area contributed by atoms with Crippen LogP contribution < -0.4 is 10.2 Å². The molecular formula is C33H43N3O7S. The fourth-order valence-corrected chi connectivity index (χ4v) is 6.79. The molecule has 0 aliphatic carbocycles. The van der Waals surface area contributed by atoms with E-state index < -0.39 is 30.6 Å². The van der Waals surface area contributed by atoms with Crippen LogP contribution in [0.25, 0.3) is 0 Å². The number of anilines is 1. The fraction of sp³-hybridized carbons (Fsp3) is 0.515. The molecule has 0 bridgehead atoms. The zero-order chi connectivity index (χ0) is 31.3. The Hall–Kier alpha value is -3.57. The van der Waals surface area contributed by atoms with Crippen LogP contribution in [0.3, 0.4) is 0 Å². The number of fused-ring (bicyclic) bond motifs is 1. The number of esters is 1. The Morgan fingerprint density at radius 3 is 2.45 bits per heavy atom. The van der Waals surface area contributed by atoms with Gasteiger partial charge in [0.15, 0.2) is 0 Å². The summed E-state index contributed by atoms with van der Waals surface area (Å²) in [4.78, 5) is 54.3. The molecule has 44 heavy (non-hydrogen) atoms. The van der Waals surface area contributed by atoms with Crippen molar-refractivity contribution in [2.75, 3.05) is 36.9 Å². The van der Waals surface area contributed by atoms with Crippen LogP contribution in [0.15, 0.2) is 59.5 Å². The smallest absolute Gasteiger partial charge is 0.410 e. The number of carbonyl (C=O) groups is 4. The molecule has 0 unspecified atom stereocenters. The van der Waals surface area contributed by atoms with Gasteiger partial charge in [0.05, 0.1) is 18.3 Å². The van der Waals surface area contributed by atoms with E-state index in [1.165, 1.54) is 16.7 Å². The summed E-state index contributed by atoms with van der Waals surface area (Å²) in [6, 6.07) is 15.5. The van der Waals surface area contributed by atoms with E-state index in [1.54, 1.807) is 24.0 Å². The number of unbranched alkanes of at least 4 members (excludes halogenated alkanes) is 2. The van der Waals surface area contributed by atoms with Gasteiger partial charge in [0, 0.05) is 23.7 Å². The van der Waals surface area contributed by atoms with Gasteiger partial charge in [-0.25, -0.2) is 4.79 Å². The van der Waals surface area contributed by atoms with E-state index >= 15 is 0 Å². The number of thioether (sulfide) groups is 1. The molecule has 0 saturated carbocycles. The number of likely N-dealkylation sites (tertiary alicyclic amines) is 1. The Balaban J connectivity index is 1.21. The number of nitrogens with zero attached hydrogens (tertiary/aromatic N) is 2. The van der Waals surface area contributed by atoms with Crippen molar-refractivity contribution in [3.05, 3.63) is 60.2 Å². The molecule has 2 aromatic carbocycles. The molecule has 2 atom stereocenters. The summed E-state index contributed by atoms with van der Waals surface area (Å²) in [5.74, 6) is -0.942. The average molecular weight is 626 g/mol. The van der Waals surface area contributed by atoms with Gasteiger partial charge in [-0.1, -0.05) is 68.1 Å². The number of piperidine rings is 1. The summed E-state index contributed by atoms with van der Waals surface area (Å²) in [6.07, 6.45) is 5.95. The minimum atomic E-state index is -1.10. The third-order valence-corrected chi connectivity index (χ3v) is 9.23. The van der Waals surface area contributed by atoms with Crippen molar-refractivity contribution >= 4 is 41.4 Å². The van der Waals surface area contributed by atoms with Crippen molar-refractivity contribution in [1.82, 2.24) is 10.2 Å². The van der Waals surface area contributed by atoms with Crippen molar-refractivity contribution < 1.29 is 33.8 Å². The second kappa shape index (κ2) is 17.1. The number of hydrogen-bond donors (Lipinski definition) is 2. The quantitative estimate of drug-likeness (QED) is 0.218. The number of amides is 2. The number of hydrogen-bond acceptors (Lipinski definition) is 8. The number of nitrogens with one attached hydrogen (secondary N) is 1. The van der Waals surface area contributed by atoms with Gasteiger partial charge in [-0.2, -0.15) is 0 Å². The standard InChI is InChI=1S/C33H43N3O7S/c1-2-42-32(40)26(34-27-23-44-29-16-10-9-15-28(29)36(31(27)39)21-30(37)38)14-8-4-5-11-24-17-19-35(20-18-24)33(41)43-22-25-12-6-3-7-13-25/h3,6-7,9-10,12-13,15-16,24,26-27,34H,2,4-5,8,11,14,17-23H2,1H3,(H,37,38)/t26-,27+/m1/s1. The van der Waals surface area contributed by atoms with Crippen LogP contribution >= 0.6 is 11.8 Å². The van der Waals surface area contributed by atoms with Gasteiger partial charge in [-0.3, -0.25) is 24.6 Å². The second-order valence-corrected chi connectivity index (χ2v) is 12.3. The van der Waals surface area contributed by atoms with Crippen molar-refractivity contribution in [3.63, 3.8) is 0 Å². The third kappa shape index (κ3) is 9.72. The molecule has 2 aliphatic rings. The Morgan fingerprint density at radius 1 is 1.00 bits per heavy atom. The Morgan fingerprint density at radius 2 is 1.73 bits per heavy atom. The highest BCUT2D eigenvalue weighted by atomic mass is 32.2. The van der Waals surface area contributed by atoms with Crippen molar-refractivity contribution in [3.8, 4) is 0 Å². The molecule has 0 radical (unpaired) electrons. The number of ether oxygens (including phenoxy) is 2. The van der Waals surface area contributed by atoms with Gasteiger partial charge in [0.25, 0.3) is 0 Å². The highest BCUT2D eigenvalue weighted by molar-refractivity contribution is 7.99. The van der Waals surface area contributed by atoms with E-state index in [2.05, 4.69) is 5.32 Å². The number of para-hydroxylation sites is 1. The van der Waals surface area contributed by atoms with E-state index in [1.807, 2.05) is 42.5 Å². The molecule has 4 rings (SSSR count). The molecule has 0 aromatic heterocycles. The first kappa shape index (κ1) is 33.3. The van der Waals surface area contributed by atoms with E-state index in [-0.39, 0.29) is 25.2 Å². The first-order chi connectivity index (χ1) is 21.4. The maximum Gasteiger partial charge on any atom is 0.410 e. The number of benzene rings is 2. The fourth-order valence-electron chi connectivity index (χ4n) is 5.70. The molecule has 2 heterocycles. The van der Waals surface area contributed by atoms with Crippen molar-refractivity contribution in [2.45, 2.75) is 75.5 Å². The Bertz CT molecular complexity index is 1250. The number of carboxylic acids is 1. The summed E-state index contributed by atoms with van der Waals surface area (Å²) in [6.45, 7) is 3.21. The highest BCUT2D eigenvalue weighted by Crippen LogP contribution is 2.34. The van der Waals surface area contributed by atoms with Crippen molar-refractivity contribution in [2.24, 2.45) is 5.92 Å². The van der Waals surface area contributed by atoms with Gasteiger partial charge >= 0.3 is 18.0 Å². The summed E-state index contributed by atoms with van der Waals surface area (Å²) in [5.41, 5.74) is 1.54. The lowest BCUT2D eigenvalue weighted by molar-refractivity contribution is -0.146. The van der Waals surface area contributed by atoms with Crippen LogP contribution in [0.4, 0.5) is 10.5 Å². The molecule has 2 N–H and O–H groups in total. The molecule has 0 spiro atoms. The monoisotopic (exact) mass is 625 g/mol. The predicted molar refractivity (Wildman–Crippen MR) is 169 cm³/mol. The molecule has 1 fully saturated rings. The summed E-state index contributed by atoms with van der Waals surface area (Å²) in [5, 5.41) is 12.7. The van der Waals surface area contributed by atoms with E-state index in [9.17, 15) is 24.3 Å². The number of aliphatic carboxylic acids is 1. The Kier molecular flexibility index (Phi) is 12.9. The SMILES string of the molecule is CCOC(=O)[C@@H](CCCCCC1CCN(C(=O)OCc2ccccc2)CC1)N[C@H]1CSc2ccccc2N(CC(=O)O)C1=O. The number of carboxylic acid groups (broad SMARTS) is 1. The van der Waals surface area contributed by atoms with E-state index in [4.69, 9.17) is 9.47 Å². The van der Waals surface area contributed by atoms with E-state index in [0.717, 1.165) is 49.0 Å². The maximum absolute atomic E-state index is 13.5. The molecular weight excluding hydrogens is 582 g/mol. The number of carbonyl (C=O) groups excluding carboxylic acids is 3. The molecule has 2 amide bonds. The van der Waals surface area contributed by atoms with Gasteiger partial charge in [0.1, 0.15) is 19.2 Å².